The predicted octanol–water partition coefficient (Wildman–Crippen LogP) is 2.54. The maximum absolute atomic E-state index is 12.8. The second-order valence-electron chi connectivity index (χ2n) is 4.89. The van der Waals surface area contributed by atoms with Gasteiger partial charge in [-0.25, -0.2) is 9.98 Å². The molecule has 0 radical (unpaired) electrons. The Morgan fingerprint density at radius 2 is 2.12 bits per heavy atom. The van der Waals surface area contributed by atoms with Crippen LogP contribution in [0, 0.1) is 0 Å². The van der Waals surface area contributed by atoms with Gasteiger partial charge in [0.2, 0.25) is 0 Å². The van der Waals surface area contributed by atoms with Crippen LogP contribution in [-0.2, 0) is 13.1 Å². The Hall–Kier alpha value is -2.64. The van der Waals surface area contributed by atoms with Crippen molar-refractivity contribution in [1.82, 2.24) is 20.2 Å². The molecule has 0 saturated heterocycles. The smallest absolute Gasteiger partial charge is 0.319 e. The van der Waals surface area contributed by atoms with E-state index in [1.165, 1.54) is 12.4 Å². The van der Waals surface area contributed by atoms with E-state index in [4.69, 9.17) is 4.74 Å². The lowest BCUT2D eigenvalue weighted by atomic mass is 10.2. The van der Waals surface area contributed by atoms with Gasteiger partial charge in [-0.15, -0.1) is 0 Å². The maximum atomic E-state index is 12.8. The number of aromatic nitrogens is 2. The minimum atomic E-state index is -2.61. The Bertz CT molecular complexity index is 672. The number of rotatable bonds is 7. The van der Waals surface area contributed by atoms with Crippen molar-refractivity contribution >= 4 is 5.96 Å². The van der Waals surface area contributed by atoms with Gasteiger partial charge in [0.25, 0.3) is 0 Å². The second-order valence-corrected chi connectivity index (χ2v) is 4.89. The maximum Gasteiger partial charge on any atom is 0.319 e. The molecule has 1 aromatic carbocycles. The van der Waals surface area contributed by atoms with Crippen LogP contribution in [0.1, 0.15) is 24.9 Å². The van der Waals surface area contributed by atoms with E-state index >= 15 is 0 Å². The summed E-state index contributed by atoms with van der Waals surface area (Å²) in [5, 5.41) is 6.08. The van der Waals surface area contributed by atoms with Gasteiger partial charge in [-0.2, -0.15) is 8.78 Å². The van der Waals surface area contributed by atoms with Crippen LogP contribution < -0.4 is 15.4 Å². The summed E-state index contributed by atoms with van der Waals surface area (Å²) in [6.45, 7) is 0.525. The van der Waals surface area contributed by atoms with Crippen molar-refractivity contribution in [2.75, 3.05) is 13.7 Å². The van der Waals surface area contributed by atoms with Gasteiger partial charge in [-0.1, -0.05) is 18.2 Å². The zero-order valence-electron chi connectivity index (χ0n) is 13.7. The third kappa shape index (κ3) is 4.68. The fraction of sp³-hybridized carbons (Fsp3) is 0.375. The minimum absolute atomic E-state index is 0.148. The highest BCUT2D eigenvalue weighted by Crippen LogP contribution is 2.18. The first kappa shape index (κ1) is 17.7. The van der Waals surface area contributed by atoms with Crippen LogP contribution in [0.3, 0.4) is 0 Å². The molecule has 24 heavy (non-hydrogen) atoms. The first-order valence-corrected chi connectivity index (χ1v) is 7.59. The Morgan fingerprint density at radius 1 is 1.33 bits per heavy atom. The summed E-state index contributed by atoms with van der Waals surface area (Å²) in [7, 11) is 1.61. The van der Waals surface area contributed by atoms with Crippen LogP contribution in [0.2, 0.25) is 0 Å². The summed E-state index contributed by atoms with van der Waals surface area (Å²) in [6, 6.07) is 7.59. The van der Waals surface area contributed by atoms with Gasteiger partial charge >= 0.3 is 6.55 Å². The molecule has 0 atom stereocenters. The average Bonchev–Trinajstić information content (AvgIpc) is 3.06. The molecule has 2 aromatic rings. The zero-order valence-corrected chi connectivity index (χ0v) is 13.7. The lowest BCUT2D eigenvalue weighted by Gasteiger charge is -2.13. The first-order chi connectivity index (χ1) is 11.7. The number of alkyl halides is 2. The Balaban J connectivity index is 2.04. The van der Waals surface area contributed by atoms with Crippen LogP contribution in [0.15, 0.2) is 41.7 Å². The quantitative estimate of drug-likeness (QED) is 0.602. The number of ether oxygens (including phenoxy) is 1. The predicted molar refractivity (Wildman–Crippen MR) is 88.1 cm³/mol. The van der Waals surface area contributed by atoms with E-state index in [2.05, 4.69) is 20.6 Å². The Kier molecular flexibility index (Phi) is 6.53. The van der Waals surface area contributed by atoms with Crippen molar-refractivity contribution < 1.29 is 13.5 Å². The van der Waals surface area contributed by atoms with Gasteiger partial charge in [-0.3, -0.25) is 4.57 Å². The van der Waals surface area contributed by atoms with Crippen molar-refractivity contribution in [1.29, 1.82) is 0 Å². The van der Waals surface area contributed by atoms with E-state index < -0.39 is 6.55 Å². The Labute approximate surface area is 139 Å². The molecule has 0 unspecified atom stereocenters. The highest BCUT2D eigenvalue weighted by molar-refractivity contribution is 5.79. The minimum Gasteiger partial charge on any atom is -0.496 e. The van der Waals surface area contributed by atoms with Crippen molar-refractivity contribution in [3.8, 4) is 5.75 Å². The molecule has 0 fully saturated rings. The lowest BCUT2D eigenvalue weighted by Crippen LogP contribution is -2.37. The van der Waals surface area contributed by atoms with Crippen LogP contribution in [0.25, 0.3) is 0 Å². The molecule has 0 aliphatic carbocycles. The lowest BCUT2D eigenvalue weighted by molar-refractivity contribution is 0.0668. The van der Waals surface area contributed by atoms with Gasteiger partial charge in [0.1, 0.15) is 11.6 Å². The second kappa shape index (κ2) is 8.85. The molecular weight excluding hydrogens is 316 g/mol. The van der Waals surface area contributed by atoms with Crippen LogP contribution in [0.4, 0.5) is 8.78 Å². The first-order valence-electron chi connectivity index (χ1n) is 7.59. The van der Waals surface area contributed by atoms with E-state index in [-0.39, 0.29) is 12.4 Å². The van der Waals surface area contributed by atoms with Gasteiger partial charge in [0.15, 0.2) is 5.96 Å². The number of guanidine groups is 1. The van der Waals surface area contributed by atoms with E-state index in [0.717, 1.165) is 15.9 Å². The zero-order chi connectivity index (χ0) is 17.4. The molecule has 0 amide bonds. The largest absolute Gasteiger partial charge is 0.496 e. The molecule has 6 nitrogen and oxygen atoms in total. The third-order valence-electron chi connectivity index (χ3n) is 3.32. The van der Waals surface area contributed by atoms with Gasteiger partial charge in [0, 0.05) is 24.5 Å². The number of nitrogens with one attached hydrogen (secondary N) is 2. The van der Waals surface area contributed by atoms with Crippen molar-refractivity contribution in [2.24, 2.45) is 4.99 Å². The summed E-state index contributed by atoms with van der Waals surface area (Å²) < 4.78 is 31.8. The van der Waals surface area contributed by atoms with E-state index in [0.29, 0.717) is 19.0 Å². The summed E-state index contributed by atoms with van der Waals surface area (Å²) in [5.74, 6) is 1.52. The summed E-state index contributed by atoms with van der Waals surface area (Å²) >= 11 is 0. The summed E-state index contributed by atoms with van der Waals surface area (Å²) in [6.07, 6.45) is 2.60. The highest BCUT2D eigenvalue weighted by Gasteiger charge is 2.11. The van der Waals surface area contributed by atoms with E-state index in [1.807, 2.05) is 31.2 Å². The molecule has 2 rings (SSSR count). The van der Waals surface area contributed by atoms with Crippen LogP contribution in [-0.4, -0.2) is 29.2 Å². The number of hydrogen-bond donors (Lipinski definition) is 2. The number of imidazole rings is 1. The van der Waals surface area contributed by atoms with Gasteiger partial charge in [0.05, 0.1) is 20.2 Å². The number of nitrogens with zero attached hydrogens (tertiary/aromatic N) is 3. The molecule has 8 heteroatoms. The molecule has 0 aliphatic rings. The molecule has 2 N–H and O–H groups in total. The standard InChI is InChI=1S/C16H21F2N5O/c1-3-19-16(21-10-12-6-4-5-7-13(12)24-2)22-11-14-20-8-9-23(14)15(17)18/h4-9,15H,3,10-11H2,1-2H3,(H2,19,21,22). The summed E-state index contributed by atoms with van der Waals surface area (Å²) in [5.41, 5.74) is 0.936. The molecule has 1 heterocycles. The van der Waals surface area contributed by atoms with E-state index in [9.17, 15) is 8.78 Å². The number of methoxy groups -OCH3 is 1. The van der Waals surface area contributed by atoms with Crippen molar-refractivity contribution in [2.45, 2.75) is 26.6 Å². The van der Waals surface area contributed by atoms with Gasteiger partial charge < -0.3 is 15.4 Å². The normalized spacial score (nSPS) is 11.6. The topological polar surface area (TPSA) is 63.5 Å². The molecule has 0 bridgehead atoms. The SMILES string of the molecule is CCNC(=NCc1ccccc1OC)NCc1nccn1C(F)F. The van der Waals surface area contributed by atoms with Crippen molar-refractivity contribution in [3.63, 3.8) is 0 Å². The highest BCUT2D eigenvalue weighted by atomic mass is 19.3. The van der Waals surface area contributed by atoms with Gasteiger partial charge in [-0.05, 0) is 13.0 Å². The fourth-order valence-corrected chi connectivity index (χ4v) is 2.16. The van der Waals surface area contributed by atoms with Crippen LogP contribution >= 0.6 is 0 Å². The average molecular weight is 337 g/mol. The number of para-hydroxylation sites is 1. The third-order valence-corrected chi connectivity index (χ3v) is 3.32. The fourth-order valence-electron chi connectivity index (χ4n) is 2.16. The molecule has 0 saturated carbocycles. The summed E-state index contributed by atoms with van der Waals surface area (Å²) in [4.78, 5) is 8.39. The van der Waals surface area contributed by atoms with E-state index in [1.54, 1.807) is 7.11 Å². The number of hydrogen-bond acceptors (Lipinski definition) is 3. The monoisotopic (exact) mass is 337 g/mol. The number of aliphatic imine (C=N–C) groups is 1. The Morgan fingerprint density at radius 3 is 2.83 bits per heavy atom. The van der Waals surface area contributed by atoms with Crippen LogP contribution in [0.5, 0.6) is 5.75 Å². The number of benzene rings is 1. The molecule has 1 aromatic heterocycles. The van der Waals surface area contributed by atoms with Crippen molar-refractivity contribution in [3.05, 3.63) is 48.0 Å². The number of halogens is 2. The molecule has 130 valence electrons. The molecular formula is C16H21F2N5O. The molecule has 0 aliphatic heterocycles. The molecule has 0 spiro atoms.